The summed E-state index contributed by atoms with van der Waals surface area (Å²) in [4.78, 5) is 11.0. The lowest BCUT2D eigenvalue weighted by Crippen LogP contribution is -2.28. The fraction of sp³-hybridized carbons (Fsp3) is 0.273. The minimum absolute atomic E-state index is 0.550. The SMILES string of the molecule is COc1ccccc1C=NNC(=O)C(C)O. The van der Waals surface area contributed by atoms with Crippen LogP contribution in [0.25, 0.3) is 0 Å². The summed E-state index contributed by atoms with van der Waals surface area (Å²) in [6.07, 6.45) is 0.383. The van der Waals surface area contributed by atoms with E-state index >= 15 is 0 Å². The fourth-order valence-corrected chi connectivity index (χ4v) is 1.03. The van der Waals surface area contributed by atoms with Crippen LogP contribution in [0.2, 0.25) is 0 Å². The topological polar surface area (TPSA) is 70.9 Å². The van der Waals surface area contributed by atoms with Crippen molar-refractivity contribution >= 4 is 12.1 Å². The van der Waals surface area contributed by atoms with E-state index in [0.29, 0.717) is 5.75 Å². The van der Waals surface area contributed by atoms with Crippen molar-refractivity contribution in [2.75, 3.05) is 7.11 Å². The molecule has 1 rings (SSSR count). The standard InChI is InChI=1S/C11H14N2O3/c1-8(14)11(15)13-12-7-9-5-3-4-6-10(9)16-2/h3-8,14H,1-2H3,(H,13,15). The highest BCUT2D eigenvalue weighted by atomic mass is 16.5. The van der Waals surface area contributed by atoms with Gasteiger partial charge in [-0.2, -0.15) is 5.10 Å². The van der Waals surface area contributed by atoms with Crippen LogP contribution in [0.15, 0.2) is 29.4 Å². The van der Waals surface area contributed by atoms with Gasteiger partial charge >= 0.3 is 0 Å². The number of hydrazone groups is 1. The number of ether oxygens (including phenoxy) is 1. The van der Waals surface area contributed by atoms with Gasteiger partial charge in [0.05, 0.1) is 13.3 Å². The summed E-state index contributed by atoms with van der Waals surface area (Å²) in [6, 6.07) is 7.26. The molecule has 5 nitrogen and oxygen atoms in total. The lowest BCUT2D eigenvalue weighted by molar-refractivity contribution is -0.128. The number of hydrogen-bond acceptors (Lipinski definition) is 4. The summed E-state index contributed by atoms with van der Waals surface area (Å²) in [5.41, 5.74) is 2.95. The van der Waals surface area contributed by atoms with E-state index in [2.05, 4.69) is 10.5 Å². The lowest BCUT2D eigenvalue weighted by Gasteiger charge is -2.03. The van der Waals surface area contributed by atoms with Crippen LogP contribution in [0.5, 0.6) is 5.75 Å². The summed E-state index contributed by atoms with van der Waals surface area (Å²) >= 11 is 0. The van der Waals surface area contributed by atoms with Crippen LogP contribution in [0, 0.1) is 0 Å². The summed E-state index contributed by atoms with van der Waals surface area (Å²) in [7, 11) is 1.56. The molecule has 1 atom stereocenters. The second kappa shape index (κ2) is 5.87. The van der Waals surface area contributed by atoms with Crippen LogP contribution in [0.3, 0.4) is 0 Å². The molecule has 1 aromatic rings. The first-order valence-corrected chi connectivity index (χ1v) is 4.79. The van der Waals surface area contributed by atoms with Gasteiger partial charge in [0.15, 0.2) is 0 Å². The van der Waals surface area contributed by atoms with Crippen LogP contribution in [-0.4, -0.2) is 30.4 Å². The predicted octanol–water partition coefficient (Wildman–Crippen LogP) is 0.526. The molecule has 0 bridgehead atoms. The van der Waals surface area contributed by atoms with Crippen LogP contribution in [0.4, 0.5) is 0 Å². The van der Waals surface area contributed by atoms with Gasteiger partial charge in [-0.3, -0.25) is 4.79 Å². The quantitative estimate of drug-likeness (QED) is 0.576. The normalized spacial score (nSPS) is 12.4. The molecule has 0 aliphatic rings. The Hall–Kier alpha value is -1.88. The van der Waals surface area contributed by atoms with Gasteiger partial charge in [-0.25, -0.2) is 5.43 Å². The van der Waals surface area contributed by atoms with Gasteiger partial charge < -0.3 is 9.84 Å². The molecule has 0 radical (unpaired) electrons. The van der Waals surface area contributed by atoms with Crippen LogP contribution < -0.4 is 10.2 Å². The largest absolute Gasteiger partial charge is 0.496 e. The Kier molecular flexibility index (Phi) is 4.47. The molecule has 16 heavy (non-hydrogen) atoms. The third-order valence-corrected chi connectivity index (χ3v) is 1.90. The number of hydrogen-bond donors (Lipinski definition) is 2. The van der Waals surface area contributed by atoms with E-state index in [9.17, 15) is 4.79 Å². The van der Waals surface area contributed by atoms with Gasteiger partial charge in [0, 0.05) is 5.56 Å². The van der Waals surface area contributed by atoms with Crippen LogP contribution in [-0.2, 0) is 4.79 Å². The van der Waals surface area contributed by atoms with E-state index in [1.165, 1.54) is 13.1 Å². The predicted molar refractivity (Wildman–Crippen MR) is 60.4 cm³/mol. The number of rotatable bonds is 4. The van der Waals surface area contributed by atoms with E-state index in [1.807, 2.05) is 12.1 Å². The number of aliphatic hydroxyl groups is 1. The Labute approximate surface area is 93.7 Å². The second-order valence-electron chi connectivity index (χ2n) is 3.15. The van der Waals surface area contributed by atoms with E-state index in [-0.39, 0.29) is 0 Å². The number of methoxy groups -OCH3 is 1. The Morgan fingerprint density at radius 3 is 2.88 bits per heavy atom. The molecule has 2 N–H and O–H groups in total. The molecule has 0 heterocycles. The molecule has 1 amide bonds. The highest BCUT2D eigenvalue weighted by Gasteiger charge is 2.06. The molecule has 0 aliphatic heterocycles. The number of nitrogens with zero attached hydrogens (tertiary/aromatic N) is 1. The van der Waals surface area contributed by atoms with Gasteiger partial charge in [0.1, 0.15) is 11.9 Å². The third kappa shape index (κ3) is 3.36. The van der Waals surface area contributed by atoms with Crippen LogP contribution >= 0.6 is 0 Å². The van der Waals surface area contributed by atoms with Crippen LogP contribution in [0.1, 0.15) is 12.5 Å². The maximum Gasteiger partial charge on any atom is 0.268 e. The second-order valence-corrected chi connectivity index (χ2v) is 3.15. The zero-order valence-corrected chi connectivity index (χ0v) is 9.18. The molecular weight excluding hydrogens is 208 g/mol. The van der Waals surface area contributed by atoms with Crippen molar-refractivity contribution in [2.24, 2.45) is 5.10 Å². The number of aliphatic hydroxyl groups excluding tert-OH is 1. The summed E-state index contributed by atoms with van der Waals surface area (Å²) in [5, 5.41) is 12.6. The number of carbonyl (C=O) groups is 1. The maximum absolute atomic E-state index is 11.0. The molecule has 0 spiro atoms. The van der Waals surface area contributed by atoms with Crippen molar-refractivity contribution in [3.63, 3.8) is 0 Å². The molecule has 0 fully saturated rings. The van der Waals surface area contributed by atoms with Crippen molar-refractivity contribution in [1.29, 1.82) is 0 Å². The Morgan fingerprint density at radius 1 is 1.56 bits per heavy atom. The first kappa shape index (κ1) is 12.2. The molecule has 0 aromatic heterocycles. The monoisotopic (exact) mass is 222 g/mol. The van der Waals surface area contributed by atoms with Crippen molar-refractivity contribution in [3.05, 3.63) is 29.8 Å². The maximum atomic E-state index is 11.0. The number of amides is 1. The van der Waals surface area contributed by atoms with E-state index in [0.717, 1.165) is 5.56 Å². The molecule has 0 saturated heterocycles. The number of carbonyl (C=O) groups excluding carboxylic acids is 1. The smallest absolute Gasteiger partial charge is 0.268 e. The molecule has 1 unspecified atom stereocenters. The summed E-state index contributed by atoms with van der Waals surface area (Å²) < 4.78 is 5.10. The minimum atomic E-state index is -1.07. The molecule has 1 aromatic carbocycles. The van der Waals surface area contributed by atoms with Crippen molar-refractivity contribution < 1.29 is 14.6 Å². The molecule has 86 valence electrons. The number of nitrogens with one attached hydrogen (secondary N) is 1. The van der Waals surface area contributed by atoms with Gasteiger partial charge in [0.25, 0.3) is 5.91 Å². The Bertz CT molecular complexity index is 389. The van der Waals surface area contributed by atoms with Crippen molar-refractivity contribution in [1.82, 2.24) is 5.43 Å². The highest BCUT2D eigenvalue weighted by Crippen LogP contribution is 2.14. The van der Waals surface area contributed by atoms with E-state index < -0.39 is 12.0 Å². The van der Waals surface area contributed by atoms with E-state index in [1.54, 1.807) is 19.2 Å². The molecule has 0 aliphatic carbocycles. The average molecular weight is 222 g/mol. The molecule has 0 saturated carbocycles. The first-order valence-electron chi connectivity index (χ1n) is 4.79. The Morgan fingerprint density at radius 2 is 2.25 bits per heavy atom. The lowest BCUT2D eigenvalue weighted by atomic mass is 10.2. The molecule has 5 heteroatoms. The third-order valence-electron chi connectivity index (χ3n) is 1.90. The minimum Gasteiger partial charge on any atom is -0.496 e. The number of para-hydroxylation sites is 1. The first-order chi connectivity index (χ1) is 7.65. The summed E-state index contributed by atoms with van der Waals surface area (Å²) in [5.74, 6) is 0.115. The Balaban J connectivity index is 2.66. The fourth-order valence-electron chi connectivity index (χ4n) is 1.03. The van der Waals surface area contributed by atoms with Gasteiger partial charge in [-0.05, 0) is 19.1 Å². The average Bonchev–Trinajstić information content (AvgIpc) is 2.29. The van der Waals surface area contributed by atoms with Crippen molar-refractivity contribution in [3.8, 4) is 5.75 Å². The van der Waals surface area contributed by atoms with Gasteiger partial charge in [-0.1, -0.05) is 12.1 Å². The molecular formula is C11H14N2O3. The van der Waals surface area contributed by atoms with E-state index in [4.69, 9.17) is 9.84 Å². The van der Waals surface area contributed by atoms with Crippen molar-refractivity contribution in [2.45, 2.75) is 13.0 Å². The van der Waals surface area contributed by atoms with Gasteiger partial charge in [-0.15, -0.1) is 0 Å². The summed E-state index contributed by atoms with van der Waals surface area (Å²) in [6.45, 7) is 1.37. The zero-order valence-electron chi connectivity index (χ0n) is 9.18. The zero-order chi connectivity index (χ0) is 12.0. The number of benzene rings is 1. The highest BCUT2D eigenvalue weighted by molar-refractivity contribution is 5.86. The van der Waals surface area contributed by atoms with Gasteiger partial charge in [0.2, 0.25) is 0 Å².